The van der Waals surface area contributed by atoms with Crippen LogP contribution < -0.4 is 0 Å². The third kappa shape index (κ3) is 2.20. The molecule has 2 saturated carbocycles. The molecular weight excluding hydrogens is 334 g/mol. The molecule has 1 amide bonds. The Hall–Kier alpha value is -1.90. The highest BCUT2D eigenvalue weighted by Crippen LogP contribution is 2.65. The highest BCUT2D eigenvalue weighted by atomic mass is 16.2. The van der Waals surface area contributed by atoms with Crippen molar-refractivity contribution in [1.29, 1.82) is 0 Å². The van der Waals surface area contributed by atoms with E-state index in [-0.39, 0.29) is 16.7 Å². The van der Waals surface area contributed by atoms with E-state index in [1.54, 1.807) is 0 Å². The van der Waals surface area contributed by atoms with Crippen molar-refractivity contribution in [3.05, 3.63) is 41.5 Å². The van der Waals surface area contributed by atoms with E-state index in [1.807, 2.05) is 4.90 Å². The predicted octanol–water partition coefficient (Wildman–Crippen LogP) is 4.36. The molecule has 1 aliphatic heterocycles. The molecule has 4 aliphatic rings. The molecular formula is C24H29NO2. The maximum Gasteiger partial charge on any atom is 0.223 e. The van der Waals surface area contributed by atoms with Gasteiger partial charge in [-0.15, -0.1) is 0 Å². The van der Waals surface area contributed by atoms with Gasteiger partial charge in [-0.2, -0.15) is 0 Å². The Kier molecular flexibility index (Phi) is 3.54. The number of allylic oxidation sites excluding steroid dienone is 1. The Morgan fingerprint density at radius 3 is 2.56 bits per heavy atom. The average molecular weight is 364 g/mol. The molecule has 5 rings (SSSR count). The Morgan fingerprint density at radius 1 is 1.15 bits per heavy atom. The second-order valence-electron chi connectivity index (χ2n) is 9.80. The quantitative estimate of drug-likeness (QED) is 0.783. The van der Waals surface area contributed by atoms with Gasteiger partial charge in [0.05, 0.1) is 0 Å². The van der Waals surface area contributed by atoms with Crippen LogP contribution in [0.5, 0.6) is 0 Å². The van der Waals surface area contributed by atoms with Gasteiger partial charge in [0.25, 0.3) is 0 Å². The number of ketones is 1. The maximum absolute atomic E-state index is 13.2. The first-order valence-electron chi connectivity index (χ1n) is 10.5. The van der Waals surface area contributed by atoms with E-state index in [0.29, 0.717) is 24.5 Å². The Labute approximate surface area is 161 Å². The Balaban J connectivity index is 1.31. The van der Waals surface area contributed by atoms with E-state index in [4.69, 9.17) is 0 Å². The second-order valence-corrected chi connectivity index (χ2v) is 9.80. The molecule has 1 saturated heterocycles. The van der Waals surface area contributed by atoms with Gasteiger partial charge in [0.1, 0.15) is 5.78 Å². The molecule has 0 radical (unpaired) electrons. The summed E-state index contributed by atoms with van der Waals surface area (Å²) in [5.74, 6) is 1.02. The summed E-state index contributed by atoms with van der Waals surface area (Å²) in [4.78, 5) is 28.0. The zero-order valence-electron chi connectivity index (χ0n) is 16.5. The fourth-order valence-electron chi connectivity index (χ4n) is 6.58. The predicted molar refractivity (Wildman–Crippen MR) is 106 cm³/mol. The summed E-state index contributed by atoms with van der Waals surface area (Å²) in [7, 11) is 0. The van der Waals surface area contributed by atoms with Gasteiger partial charge in [0.15, 0.2) is 0 Å². The number of piperidine rings is 1. The molecule has 3 aliphatic carbocycles. The van der Waals surface area contributed by atoms with E-state index in [1.165, 1.54) is 11.1 Å². The van der Waals surface area contributed by atoms with Crippen LogP contribution >= 0.6 is 0 Å². The van der Waals surface area contributed by atoms with E-state index in [2.05, 4.69) is 50.3 Å². The van der Waals surface area contributed by atoms with Crippen molar-refractivity contribution < 1.29 is 9.59 Å². The number of carbonyl (C=O) groups is 2. The average Bonchev–Trinajstić information content (AvgIpc) is 3.19. The molecule has 3 nitrogen and oxygen atoms in total. The fraction of sp³-hybridized carbons (Fsp3) is 0.583. The summed E-state index contributed by atoms with van der Waals surface area (Å²) < 4.78 is 0. The first-order chi connectivity index (χ1) is 12.9. The summed E-state index contributed by atoms with van der Waals surface area (Å²) in [5.41, 5.74) is 2.42. The number of carbonyl (C=O) groups excluding carboxylic acids is 2. The molecule has 3 fully saturated rings. The monoisotopic (exact) mass is 363 g/mol. The first kappa shape index (κ1) is 17.2. The van der Waals surface area contributed by atoms with Crippen molar-refractivity contribution in [3.63, 3.8) is 0 Å². The van der Waals surface area contributed by atoms with E-state index >= 15 is 0 Å². The lowest BCUT2D eigenvalue weighted by Crippen LogP contribution is -2.47. The van der Waals surface area contributed by atoms with Crippen molar-refractivity contribution in [2.24, 2.45) is 16.7 Å². The largest absolute Gasteiger partial charge is 0.343 e. The normalized spacial score (nSPS) is 32.3. The Morgan fingerprint density at radius 2 is 1.89 bits per heavy atom. The molecule has 1 aromatic rings. The molecule has 2 bridgehead atoms. The number of Topliss-reactive ketones (excluding diaryl/α,β-unsaturated/α-hetero) is 1. The number of hydrogen-bond donors (Lipinski definition) is 0. The summed E-state index contributed by atoms with van der Waals surface area (Å²) in [6.45, 7) is 6.03. The van der Waals surface area contributed by atoms with E-state index < -0.39 is 5.41 Å². The smallest absolute Gasteiger partial charge is 0.223 e. The lowest BCUT2D eigenvalue weighted by molar-refractivity contribution is -0.142. The minimum Gasteiger partial charge on any atom is -0.343 e. The standard InChI is InChI=1S/C24H29NO2/c1-22(2)18-8-10-24(22,20(26)15-18)16-21(27)25-13-11-23(12-14-25)9-7-17-5-3-4-6-19(17)23/h3-7,9,18H,8,10-16H2,1-2H3/t18-,24-/m0/s1. The lowest BCUT2D eigenvalue weighted by Gasteiger charge is -2.42. The molecule has 0 unspecified atom stereocenters. The summed E-state index contributed by atoms with van der Waals surface area (Å²) in [6.07, 6.45) is 9.69. The number of benzene rings is 1. The molecule has 3 heteroatoms. The number of nitrogens with zero attached hydrogens (tertiary/aromatic N) is 1. The summed E-state index contributed by atoms with van der Waals surface area (Å²) >= 11 is 0. The zero-order valence-corrected chi connectivity index (χ0v) is 16.5. The number of rotatable bonds is 2. The molecule has 142 valence electrons. The van der Waals surface area contributed by atoms with Gasteiger partial charge in [-0.05, 0) is 48.1 Å². The van der Waals surface area contributed by atoms with Crippen LogP contribution in [0.1, 0.15) is 63.5 Å². The third-order valence-electron chi connectivity index (χ3n) is 8.68. The molecule has 1 spiro atoms. The van der Waals surface area contributed by atoms with Gasteiger partial charge in [-0.3, -0.25) is 9.59 Å². The van der Waals surface area contributed by atoms with Gasteiger partial charge in [-0.25, -0.2) is 0 Å². The lowest BCUT2D eigenvalue weighted by atomic mass is 9.66. The minimum atomic E-state index is -0.399. The van der Waals surface area contributed by atoms with Crippen LogP contribution in [-0.2, 0) is 15.0 Å². The van der Waals surface area contributed by atoms with Crippen LogP contribution in [0.2, 0.25) is 0 Å². The number of fused-ring (bicyclic) bond motifs is 4. The fourth-order valence-corrected chi connectivity index (χ4v) is 6.58. The van der Waals surface area contributed by atoms with Crippen molar-refractivity contribution >= 4 is 17.8 Å². The van der Waals surface area contributed by atoms with Crippen molar-refractivity contribution in [1.82, 2.24) is 4.90 Å². The minimum absolute atomic E-state index is 0.0239. The molecule has 1 aromatic carbocycles. The van der Waals surface area contributed by atoms with Gasteiger partial charge in [0, 0.05) is 36.8 Å². The van der Waals surface area contributed by atoms with Gasteiger partial charge in [0.2, 0.25) is 5.91 Å². The molecule has 1 heterocycles. The van der Waals surface area contributed by atoms with Crippen LogP contribution in [0.4, 0.5) is 0 Å². The van der Waals surface area contributed by atoms with Crippen LogP contribution in [0, 0.1) is 16.7 Å². The highest BCUT2D eigenvalue weighted by molar-refractivity contribution is 5.94. The van der Waals surface area contributed by atoms with Crippen molar-refractivity contribution in [2.75, 3.05) is 13.1 Å². The van der Waals surface area contributed by atoms with Gasteiger partial charge in [-0.1, -0.05) is 50.3 Å². The number of hydrogen-bond acceptors (Lipinski definition) is 2. The molecule has 2 atom stereocenters. The summed E-state index contributed by atoms with van der Waals surface area (Å²) in [5, 5.41) is 0. The second kappa shape index (κ2) is 5.56. The number of amides is 1. The van der Waals surface area contributed by atoms with E-state index in [0.717, 1.165) is 38.8 Å². The first-order valence-corrected chi connectivity index (χ1v) is 10.5. The van der Waals surface area contributed by atoms with Crippen molar-refractivity contribution in [3.8, 4) is 0 Å². The van der Waals surface area contributed by atoms with Crippen LogP contribution in [0.15, 0.2) is 30.3 Å². The number of likely N-dealkylation sites (tertiary alicyclic amines) is 1. The third-order valence-corrected chi connectivity index (χ3v) is 8.68. The van der Waals surface area contributed by atoms with Crippen LogP contribution in [-0.4, -0.2) is 29.7 Å². The van der Waals surface area contributed by atoms with Gasteiger partial charge < -0.3 is 4.90 Å². The van der Waals surface area contributed by atoms with Crippen LogP contribution in [0.3, 0.4) is 0 Å². The molecule has 0 aromatic heterocycles. The van der Waals surface area contributed by atoms with Gasteiger partial charge >= 0.3 is 0 Å². The zero-order chi connectivity index (χ0) is 18.9. The molecule has 0 N–H and O–H groups in total. The highest BCUT2D eigenvalue weighted by Gasteiger charge is 2.64. The van der Waals surface area contributed by atoms with Crippen molar-refractivity contribution in [2.45, 2.75) is 57.8 Å². The Bertz CT molecular complexity index is 844. The molecule has 27 heavy (non-hydrogen) atoms. The maximum atomic E-state index is 13.2. The van der Waals surface area contributed by atoms with E-state index in [9.17, 15) is 9.59 Å². The van der Waals surface area contributed by atoms with Crippen LogP contribution in [0.25, 0.3) is 6.08 Å². The summed E-state index contributed by atoms with van der Waals surface area (Å²) in [6, 6.07) is 8.63. The SMILES string of the molecule is CC1(C)[C@H]2CC[C@]1(CC(=O)N1CCC3(C=Cc4ccccc43)CC1)C(=O)C2. The topological polar surface area (TPSA) is 37.4 Å².